The van der Waals surface area contributed by atoms with Crippen LogP contribution in [0, 0.1) is 29.6 Å². The van der Waals surface area contributed by atoms with Gasteiger partial charge in [0, 0.05) is 27.8 Å². The molecule has 8 unspecified atom stereocenters. The first-order valence-corrected chi connectivity index (χ1v) is 14.5. The zero-order valence-electron chi connectivity index (χ0n) is 17.9. The molecule has 0 aromatic carbocycles. The van der Waals surface area contributed by atoms with E-state index in [1.54, 1.807) is 0 Å². The van der Waals surface area contributed by atoms with Crippen LogP contribution in [0.1, 0.15) is 96.8 Å². The Hall–Kier alpha value is 0.920. The van der Waals surface area contributed by atoms with Crippen molar-refractivity contribution in [2.45, 2.75) is 125 Å². The molecule has 0 radical (unpaired) electrons. The summed E-state index contributed by atoms with van der Waals surface area (Å²) in [5, 5.41) is 0. The van der Waals surface area contributed by atoms with Gasteiger partial charge in [0.1, 0.15) is 0 Å². The Morgan fingerprint density at radius 3 is 1.50 bits per heavy atom. The van der Waals surface area contributed by atoms with Gasteiger partial charge in [-0.1, -0.05) is 51.6 Å². The Labute approximate surface area is 190 Å². The van der Waals surface area contributed by atoms with Gasteiger partial charge in [-0.3, -0.25) is 4.90 Å². The van der Waals surface area contributed by atoms with E-state index in [0.29, 0.717) is 0 Å². The number of fused-ring (bicyclic) bond motifs is 2. The second-order valence-electron chi connectivity index (χ2n) is 11.2. The third kappa shape index (κ3) is 3.81. The summed E-state index contributed by atoms with van der Waals surface area (Å²) in [5.74, 6) is 4.87. The summed E-state index contributed by atoms with van der Waals surface area (Å²) >= 11 is 8.20. The van der Waals surface area contributed by atoms with Crippen LogP contribution in [0.4, 0.5) is 0 Å². The van der Waals surface area contributed by atoms with Crippen LogP contribution in [0.5, 0.6) is 0 Å². The minimum absolute atomic E-state index is 0.807. The van der Waals surface area contributed by atoms with E-state index in [1.807, 2.05) is 0 Å². The molecule has 0 spiro atoms. The average Bonchev–Trinajstić information content (AvgIpc) is 3.37. The summed E-state index contributed by atoms with van der Waals surface area (Å²) in [5.41, 5.74) is 0. The number of hydrogen-bond donors (Lipinski definition) is 0. The van der Waals surface area contributed by atoms with Gasteiger partial charge < -0.3 is 0 Å². The Kier molecular flexibility index (Phi) is 6.55. The van der Waals surface area contributed by atoms with Gasteiger partial charge in [-0.25, -0.2) is 0 Å². The summed E-state index contributed by atoms with van der Waals surface area (Å²) in [7, 11) is 0. The van der Waals surface area contributed by atoms with Crippen LogP contribution in [0.25, 0.3) is 0 Å². The molecule has 8 atom stereocenters. The minimum atomic E-state index is 0.807. The van der Waals surface area contributed by atoms with Gasteiger partial charge in [0.2, 0.25) is 0 Å². The first-order valence-electron chi connectivity index (χ1n) is 12.7. The summed E-state index contributed by atoms with van der Waals surface area (Å²) in [6.45, 7) is 2.49. The summed E-state index contributed by atoms with van der Waals surface area (Å²) < 4.78 is 0. The van der Waals surface area contributed by atoms with Crippen molar-refractivity contribution in [1.29, 1.82) is 0 Å². The fourth-order valence-corrected chi connectivity index (χ4v) is 10.3. The van der Waals surface area contributed by atoms with Crippen molar-refractivity contribution in [2.75, 3.05) is 0 Å². The first kappa shape index (κ1) is 20.8. The van der Waals surface area contributed by atoms with E-state index in [-0.39, 0.29) is 0 Å². The molecule has 5 aliphatic carbocycles. The molecule has 5 saturated carbocycles. The zero-order chi connectivity index (χ0) is 19.3. The molecular weight excluding hydrogens is 474 g/mol. The van der Waals surface area contributed by atoms with Gasteiger partial charge in [-0.05, 0) is 107 Å². The molecule has 0 aliphatic heterocycles. The molecule has 5 rings (SSSR count). The van der Waals surface area contributed by atoms with Gasteiger partial charge in [0.15, 0.2) is 0 Å². The van der Waals surface area contributed by atoms with Crippen molar-refractivity contribution in [1.82, 2.24) is 4.90 Å². The van der Waals surface area contributed by atoms with Crippen molar-refractivity contribution in [2.24, 2.45) is 29.6 Å². The van der Waals surface area contributed by atoms with Crippen molar-refractivity contribution in [3.05, 3.63) is 0 Å². The maximum absolute atomic E-state index is 4.10. The molecule has 0 aromatic heterocycles. The fraction of sp³-hybridized carbons (Fsp3) is 1.00. The molecule has 1 nitrogen and oxygen atoms in total. The lowest BCUT2D eigenvalue weighted by Crippen LogP contribution is -2.59. The lowest BCUT2D eigenvalue weighted by atomic mass is 9.71. The largest absolute Gasteiger partial charge is 0.294 e. The summed E-state index contributed by atoms with van der Waals surface area (Å²) in [6, 6.07) is 2.70. The molecular formula is C25H41Br2N. The molecule has 0 N–H and O–H groups in total. The van der Waals surface area contributed by atoms with Crippen LogP contribution in [-0.2, 0) is 0 Å². The second-order valence-corrected chi connectivity index (χ2v) is 13.6. The molecule has 3 heteroatoms. The normalized spacial score (nSPS) is 51.9. The van der Waals surface area contributed by atoms with Crippen LogP contribution in [0.3, 0.4) is 0 Å². The highest BCUT2D eigenvalue weighted by Gasteiger charge is 2.50. The maximum Gasteiger partial charge on any atom is 0.0177 e. The summed E-state index contributed by atoms with van der Waals surface area (Å²) in [6.07, 6.45) is 20.7. The van der Waals surface area contributed by atoms with Gasteiger partial charge in [0.05, 0.1) is 0 Å². The Morgan fingerprint density at radius 1 is 0.536 bits per heavy atom. The number of rotatable bonds is 3. The van der Waals surface area contributed by atoms with Crippen molar-refractivity contribution >= 4 is 31.9 Å². The highest BCUT2D eigenvalue weighted by molar-refractivity contribution is 9.09. The van der Waals surface area contributed by atoms with E-state index < -0.39 is 0 Å². The smallest absolute Gasteiger partial charge is 0.0177 e. The first-order chi connectivity index (χ1) is 13.6. The standard InChI is InChI=1S/C25H41Br2N/c1-16-8-10-17(11-9-16)28(24-14-12-22(26)18-4-2-6-20(18)24)25-15-13-23(27)19-5-3-7-21(19)25/h16-25H,2-15H2,1H3. The van der Waals surface area contributed by atoms with Crippen molar-refractivity contribution < 1.29 is 0 Å². The third-order valence-corrected chi connectivity index (χ3v) is 12.1. The molecule has 5 fully saturated rings. The van der Waals surface area contributed by atoms with Crippen LogP contribution in [-0.4, -0.2) is 32.7 Å². The number of nitrogens with zero attached hydrogens (tertiary/aromatic N) is 1. The Bertz CT molecular complexity index is 495. The fourth-order valence-electron chi connectivity index (χ4n) is 8.47. The van der Waals surface area contributed by atoms with Crippen molar-refractivity contribution in [3.63, 3.8) is 0 Å². The highest BCUT2D eigenvalue weighted by atomic mass is 79.9. The predicted octanol–water partition coefficient (Wildman–Crippen LogP) is 7.55. The van der Waals surface area contributed by atoms with Crippen LogP contribution in [0.15, 0.2) is 0 Å². The van der Waals surface area contributed by atoms with Gasteiger partial charge in [-0.15, -0.1) is 0 Å². The minimum Gasteiger partial charge on any atom is -0.294 e. The van der Waals surface area contributed by atoms with E-state index in [0.717, 1.165) is 57.4 Å². The number of hydrogen-bond acceptors (Lipinski definition) is 1. The average molecular weight is 515 g/mol. The monoisotopic (exact) mass is 513 g/mol. The molecule has 0 saturated heterocycles. The molecule has 28 heavy (non-hydrogen) atoms. The van der Waals surface area contributed by atoms with E-state index in [1.165, 1.54) is 89.9 Å². The summed E-state index contributed by atoms with van der Waals surface area (Å²) in [4.78, 5) is 4.87. The van der Waals surface area contributed by atoms with E-state index >= 15 is 0 Å². The third-order valence-electron chi connectivity index (χ3n) is 9.82. The van der Waals surface area contributed by atoms with Crippen LogP contribution in [0.2, 0.25) is 0 Å². The number of alkyl halides is 2. The molecule has 0 amide bonds. The number of halogens is 2. The highest BCUT2D eigenvalue weighted by Crippen LogP contribution is 2.52. The quantitative estimate of drug-likeness (QED) is 0.351. The topological polar surface area (TPSA) is 3.24 Å². The molecule has 0 aromatic rings. The van der Waals surface area contributed by atoms with E-state index in [2.05, 4.69) is 43.7 Å². The zero-order valence-corrected chi connectivity index (χ0v) is 21.0. The maximum atomic E-state index is 4.10. The predicted molar refractivity (Wildman–Crippen MR) is 126 cm³/mol. The van der Waals surface area contributed by atoms with Crippen LogP contribution < -0.4 is 0 Å². The van der Waals surface area contributed by atoms with E-state index in [4.69, 9.17) is 0 Å². The van der Waals surface area contributed by atoms with Gasteiger partial charge in [-0.2, -0.15) is 0 Å². The van der Waals surface area contributed by atoms with Crippen LogP contribution >= 0.6 is 31.9 Å². The molecule has 0 bridgehead atoms. The Morgan fingerprint density at radius 2 is 1.00 bits per heavy atom. The van der Waals surface area contributed by atoms with Gasteiger partial charge in [0.25, 0.3) is 0 Å². The van der Waals surface area contributed by atoms with Gasteiger partial charge >= 0.3 is 0 Å². The molecule has 5 aliphatic rings. The lowest BCUT2D eigenvalue weighted by molar-refractivity contribution is -0.0416. The Balaban J connectivity index is 1.43. The lowest BCUT2D eigenvalue weighted by Gasteiger charge is -2.54. The molecule has 0 heterocycles. The molecule has 160 valence electrons. The van der Waals surface area contributed by atoms with E-state index in [9.17, 15) is 0 Å². The second kappa shape index (κ2) is 8.81. The SMILES string of the molecule is CC1CCC(N(C2CCC(Br)C3CCCC32)C2CCC(Br)C3CCCC32)CC1. The van der Waals surface area contributed by atoms with Crippen molar-refractivity contribution in [3.8, 4) is 0 Å².